The second kappa shape index (κ2) is 9.34. The van der Waals surface area contributed by atoms with Crippen LogP contribution in [0.2, 0.25) is 0 Å². The van der Waals surface area contributed by atoms with E-state index in [0.717, 1.165) is 11.1 Å². The molecule has 2 aromatic carbocycles. The molecular weight excluding hydrogens is 392 g/mol. The molecule has 0 saturated heterocycles. The van der Waals surface area contributed by atoms with E-state index in [-0.39, 0.29) is 11.3 Å². The second-order valence-electron chi connectivity index (χ2n) is 6.69. The van der Waals surface area contributed by atoms with Crippen molar-refractivity contribution in [3.8, 4) is 6.07 Å². The standard InChI is InChI=1S/C21H22N2O5S/c1-14-5-4-6-15(2)19(14)23-20(24)16(3)28-21(25)18-9-7-17(8-10-18)13-29(26,27)12-11-22/h4-10,16H,12-13H2,1-3H3,(H,23,24)/t16-/m1/s1. The summed E-state index contributed by atoms with van der Waals surface area (Å²) in [7, 11) is -3.52. The zero-order valence-electron chi connectivity index (χ0n) is 16.4. The molecule has 0 saturated carbocycles. The van der Waals surface area contributed by atoms with E-state index in [2.05, 4.69) is 5.32 Å². The van der Waals surface area contributed by atoms with Gasteiger partial charge in [0.2, 0.25) is 0 Å². The summed E-state index contributed by atoms with van der Waals surface area (Å²) in [4.78, 5) is 24.7. The predicted octanol–water partition coefficient (Wildman–Crippen LogP) is 2.93. The molecule has 0 spiro atoms. The lowest BCUT2D eigenvalue weighted by atomic mass is 10.1. The van der Waals surface area contributed by atoms with Crippen molar-refractivity contribution >= 4 is 27.4 Å². The summed E-state index contributed by atoms with van der Waals surface area (Å²) in [6.07, 6.45) is -1.02. The molecular formula is C21H22N2O5S. The van der Waals surface area contributed by atoms with Gasteiger partial charge in [0.1, 0.15) is 5.75 Å². The van der Waals surface area contributed by atoms with Crippen LogP contribution in [0, 0.1) is 25.2 Å². The molecule has 0 aromatic heterocycles. The van der Waals surface area contributed by atoms with Crippen molar-refractivity contribution in [3.05, 3.63) is 64.7 Å². The van der Waals surface area contributed by atoms with Crippen molar-refractivity contribution in [2.45, 2.75) is 32.6 Å². The minimum atomic E-state index is -3.52. The van der Waals surface area contributed by atoms with Gasteiger partial charge in [0.15, 0.2) is 15.9 Å². The first-order valence-corrected chi connectivity index (χ1v) is 10.7. The number of nitriles is 1. The van der Waals surface area contributed by atoms with Crippen LogP contribution in [-0.4, -0.2) is 32.2 Å². The van der Waals surface area contributed by atoms with E-state index in [1.54, 1.807) is 6.07 Å². The molecule has 152 valence electrons. The molecule has 0 heterocycles. The second-order valence-corrected chi connectivity index (χ2v) is 8.76. The molecule has 0 fully saturated rings. The number of amides is 1. The van der Waals surface area contributed by atoms with Gasteiger partial charge in [-0.05, 0) is 49.6 Å². The third kappa shape index (κ3) is 6.16. The molecule has 0 aliphatic rings. The molecule has 7 nitrogen and oxygen atoms in total. The summed E-state index contributed by atoms with van der Waals surface area (Å²) in [6.45, 7) is 5.22. The monoisotopic (exact) mass is 414 g/mol. The zero-order chi connectivity index (χ0) is 21.6. The third-order valence-electron chi connectivity index (χ3n) is 4.24. The maximum Gasteiger partial charge on any atom is 0.338 e. The van der Waals surface area contributed by atoms with Crippen molar-refractivity contribution in [2.24, 2.45) is 0 Å². The third-order valence-corrected chi connectivity index (χ3v) is 5.59. The highest BCUT2D eigenvalue weighted by Crippen LogP contribution is 2.20. The molecule has 1 amide bonds. The topological polar surface area (TPSA) is 113 Å². The Hall–Kier alpha value is -3.18. The number of aryl methyl sites for hydroxylation is 2. The number of anilines is 1. The van der Waals surface area contributed by atoms with Gasteiger partial charge >= 0.3 is 5.97 Å². The fourth-order valence-corrected chi connectivity index (χ4v) is 3.66. The number of hydrogen-bond donors (Lipinski definition) is 1. The number of benzene rings is 2. The van der Waals surface area contributed by atoms with Gasteiger partial charge in [-0.15, -0.1) is 0 Å². The molecule has 0 radical (unpaired) electrons. The van der Waals surface area contributed by atoms with Crippen molar-refractivity contribution in [1.29, 1.82) is 5.26 Å². The number of nitrogens with one attached hydrogen (secondary N) is 1. The van der Waals surface area contributed by atoms with E-state index in [9.17, 15) is 18.0 Å². The summed E-state index contributed by atoms with van der Waals surface area (Å²) in [5.41, 5.74) is 3.14. The molecule has 0 aliphatic carbocycles. The summed E-state index contributed by atoms with van der Waals surface area (Å²) < 4.78 is 28.6. The lowest BCUT2D eigenvalue weighted by Crippen LogP contribution is -2.30. The van der Waals surface area contributed by atoms with Gasteiger partial charge in [0, 0.05) is 5.69 Å². The van der Waals surface area contributed by atoms with Crippen LogP contribution in [0.1, 0.15) is 34.0 Å². The Morgan fingerprint density at radius 3 is 2.24 bits per heavy atom. The fraction of sp³-hybridized carbons (Fsp3) is 0.286. The lowest BCUT2D eigenvalue weighted by Gasteiger charge is -2.16. The number of hydrogen-bond acceptors (Lipinski definition) is 6. The zero-order valence-corrected chi connectivity index (χ0v) is 17.2. The highest BCUT2D eigenvalue weighted by Gasteiger charge is 2.20. The van der Waals surface area contributed by atoms with Crippen molar-refractivity contribution in [2.75, 3.05) is 11.1 Å². The SMILES string of the molecule is Cc1cccc(C)c1NC(=O)[C@@H](C)OC(=O)c1ccc(CS(=O)(=O)CC#N)cc1. The molecule has 1 atom stereocenters. The van der Waals surface area contributed by atoms with Gasteiger partial charge < -0.3 is 10.1 Å². The average molecular weight is 414 g/mol. The summed E-state index contributed by atoms with van der Waals surface area (Å²) in [5, 5.41) is 11.3. The largest absolute Gasteiger partial charge is 0.449 e. The molecule has 1 N–H and O–H groups in total. The molecule has 0 bridgehead atoms. The van der Waals surface area contributed by atoms with Gasteiger partial charge in [0.05, 0.1) is 17.4 Å². The maximum absolute atomic E-state index is 12.4. The van der Waals surface area contributed by atoms with Crippen molar-refractivity contribution < 1.29 is 22.7 Å². The Morgan fingerprint density at radius 2 is 1.69 bits per heavy atom. The number of sulfone groups is 1. The minimum absolute atomic E-state index is 0.193. The van der Waals surface area contributed by atoms with Crippen LogP contribution in [0.15, 0.2) is 42.5 Å². The van der Waals surface area contributed by atoms with Crippen LogP contribution < -0.4 is 5.32 Å². The first kappa shape index (κ1) is 22.1. The van der Waals surface area contributed by atoms with E-state index < -0.39 is 33.6 Å². The van der Waals surface area contributed by atoms with E-state index in [1.165, 1.54) is 31.2 Å². The quantitative estimate of drug-likeness (QED) is 0.697. The van der Waals surface area contributed by atoms with Crippen LogP contribution in [0.4, 0.5) is 5.69 Å². The van der Waals surface area contributed by atoms with Gasteiger partial charge in [-0.3, -0.25) is 4.79 Å². The highest BCUT2D eigenvalue weighted by atomic mass is 32.2. The molecule has 0 unspecified atom stereocenters. The Bertz CT molecular complexity index is 1030. The van der Waals surface area contributed by atoms with E-state index in [4.69, 9.17) is 10.00 Å². The molecule has 8 heteroatoms. The first-order valence-electron chi connectivity index (χ1n) is 8.87. The van der Waals surface area contributed by atoms with Crippen LogP contribution >= 0.6 is 0 Å². The number of rotatable bonds is 7. The number of esters is 1. The smallest absolute Gasteiger partial charge is 0.338 e. The molecule has 2 rings (SSSR count). The first-order chi connectivity index (χ1) is 13.6. The summed E-state index contributed by atoms with van der Waals surface area (Å²) in [6, 6.07) is 13.1. The fourth-order valence-electron chi connectivity index (χ4n) is 2.66. The Kier molecular flexibility index (Phi) is 7.13. The van der Waals surface area contributed by atoms with E-state index in [0.29, 0.717) is 11.3 Å². The van der Waals surface area contributed by atoms with Crippen LogP contribution in [0.3, 0.4) is 0 Å². The Balaban J connectivity index is 2.00. The van der Waals surface area contributed by atoms with Crippen molar-refractivity contribution in [1.82, 2.24) is 0 Å². The molecule has 29 heavy (non-hydrogen) atoms. The van der Waals surface area contributed by atoms with Crippen LogP contribution in [0.5, 0.6) is 0 Å². The molecule has 2 aromatic rings. The lowest BCUT2D eigenvalue weighted by molar-refractivity contribution is -0.123. The highest BCUT2D eigenvalue weighted by molar-refractivity contribution is 7.90. The molecule has 0 aliphatic heterocycles. The Labute approximate surface area is 170 Å². The number of nitrogens with zero attached hydrogens (tertiary/aromatic N) is 1. The normalized spacial score (nSPS) is 11.9. The van der Waals surface area contributed by atoms with Gasteiger partial charge in [-0.1, -0.05) is 30.3 Å². The van der Waals surface area contributed by atoms with Crippen molar-refractivity contribution in [3.63, 3.8) is 0 Å². The average Bonchev–Trinajstić information content (AvgIpc) is 2.64. The number of carbonyl (C=O) groups is 2. The Morgan fingerprint density at radius 1 is 1.10 bits per heavy atom. The van der Waals surface area contributed by atoms with Gasteiger partial charge in [0.25, 0.3) is 5.91 Å². The number of para-hydroxylation sites is 1. The summed E-state index contributed by atoms with van der Waals surface area (Å²) >= 11 is 0. The van der Waals surface area contributed by atoms with E-state index >= 15 is 0 Å². The van der Waals surface area contributed by atoms with Crippen LogP contribution in [-0.2, 0) is 25.1 Å². The minimum Gasteiger partial charge on any atom is -0.449 e. The van der Waals surface area contributed by atoms with E-state index in [1.807, 2.05) is 32.0 Å². The van der Waals surface area contributed by atoms with Gasteiger partial charge in [-0.25, -0.2) is 13.2 Å². The predicted molar refractivity (Wildman–Crippen MR) is 109 cm³/mol. The summed E-state index contributed by atoms with van der Waals surface area (Å²) in [5.74, 6) is -2.00. The number of ether oxygens (including phenoxy) is 1. The van der Waals surface area contributed by atoms with Gasteiger partial charge in [-0.2, -0.15) is 5.26 Å². The maximum atomic E-state index is 12.4. The number of carbonyl (C=O) groups excluding carboxylic acids is 2. The van der Waals surface area contributed by atoms with Crippen LogP contribution in [0.25, 0.3) is 0 Å².